The van der Waals surface area contributed by atoms with Crippen LogP contribution in [-0.2, 0) is 4.74 Å². The number of nitrogens with zero attached hydrogens (tertiary/aromatic N) is 3. The number of hydrogen-bond donors (Lipinski definition) is 3. The first-order valence-corrected chi connectivity index (χ1v) is 8.55. The number of aliphatic hydroxyl groups excluding tert-OH is 3. The zero-order valence-corrected chi connectivity index (χ0v) is 14.9. The van der Waals surface area contributed by atoms with Crippen molar-refractivity contribution in [2.75, 3.05) is 6.61 Å². The highest BCUT2D eigenvalue weighted by atomic mass is 35.5. The van der Waals surface area contributed by atoms with E-state index >= 15 is 0 Å². The Hall–Kier alpha value is -2.30. The Morgan fingerprint density at radius 1 is 1.26 bits per heavy atom. The predicted octanol–water partition coefficient (Wildman–Crippen LogP) is 0.625. The molecule has 3 N–H and O–H groups in total. The molecule has 0 radical (unpaired) electrons. The minimum absolute atomic E-state index is 0.363. The molecule has 10 heteroatoms. The molecule has 9 nitrogen and oxygen atoms in total. The summed E-state index contributed by atoms with van der Waals surface area (Å²) in [6.45, 7) is 1.35. The Labute approximate surface area is 157 Å². The van der Waals surface area contributed by atoms with E-state index in [-0.39, 0.29) is 0 Å². The van der Waals surface area contributed by atoms with E-state index in [1.807, 2.05) is 0 Å². The van der Waals surface area contributed by atoms with Gasteiger partial charge in [-0.05, 0) is 24.6 Å². The van der Waals surface area contributed by atoms with E-state index < -0.39 is 36.8 Å². The average molecular weight is 394 g/mol. The summed E-state index contributed by atoms with van der Waals surface area (Å²) in [6, 6.07) is 4.66. The summed E-state index contributed by atoms with van der Waals surface area (Å²) in [5, 5.41) is 38.2. The van der Waals surface area contributed by atoms with Gasteiger partial charge < -0.3 is 24.5 Å². The number of rotatable bonds is 3. The van der Waals surface area contributed by atoms with Gasteiger partial charge in [-0.15, -0.1) is 5.10 Å². The third kappa shape index (κ3) is 3.03. The fraction of sp³-hybridized carbons (Fsp3) is 0.353. The van der Waals surface area contributed by atoms with Crippen LogP contribution in [0.25, 0.3) is 22.2 Å². The Balaban J connectivity index is 1.73. The fourth-order valence-corrected chi connectivity index (χ4v) is 3.42. The van der Waals surface area contributed by atoms with Crippen molar-refractivity contribution in [3.05, 3.63) is 45.4 Å². The van der Waals surface area contributed by atoms with Crippen LogP contribution in [0.1, 0.15) is 11.8 Å². The maximum absolute atomic E-state index is 11.6. The summed E-state index contributed by atoms with van der Waals surface area (Å²) < 4.78 is 11.9. The van der Waals surface area contributed by atoms with E-state index in [4.69, 9.17) is 20.8 Å². The Kier molecular flexibility index (Phi) is 4.49. The van der Waals surface area contributed by atoms with Crippen LogP contribution in [0.15, 0.2) is 33.6 Å². The molecule has 142 valence electrons. The second-order valence-corrected chi connectivity index (χ2v) is 6.80. The van der Waals surface area contributed by atoms with Crippen LogP contribution >= 0.6 is 11.6 Å². The maximum Gasteiger partial charge on any atom is 0.336 e. The van der Waals surface area contributed by atoms with Crippen LogP contribution < -0.4 is 5.63 Å². The molecule has 2 aromatic heterocycles. The molecule has 0 amide bonds. The van der Waals surface area contributed by atoms with Crippen molar-refractivity contribution in [1.29, 1.82) is 0 Å². The van der Waals surface area contributed by atoms with E-state index in [9.17, 15) is 20.1 Å². The van der Waals surface area contributed by atoms with Crippen molar-refractivity contribution in [2.24, 2.45) is 0 Å². The summed E-state index contributed by atoms with van der Waals surface area (Å²) in [5.41, 5.74) is 1.48. The normalized spacial score (nSPS) is 25.4. The van der Waals surface area contributed by atoms with Gasteiger partial charge in [-0.25, -0.2) is 9.48 Å². The quantitative estimate of drug-likeness (QED) is 0.552. The van der Waals surface area contributed by atoms with Crippen molar-refractivity contribution in [1.82, 2.24) is 15.0 Å². The molecule has 27 heavy (non-hydrogen) atoms. The Morgan fingerprint density at radius 2 is 2.04 bits per heavy atom. The van der Waals surface area contributed by atoms with Crippen LogP contribution in [0.5, 0.6) is 0 Å². The van der Waals surface area contributed by atoms with E-state index in [2.05, 4.69) is 10.3 Å². The van der Waals surface area contributed by atoms with Gasteiger partial charge in [0.05, 0.1) is 17.8 Å². The van der Waals surface area contributed by atoms with Gasteiger partial charge in [0.2, 0.25) is 0 Å². The standard InChI is InChI=1S/C17H16ClN3O6/c1-7-2-14(23)26-12-4-9(10(18)3-8(7)12)11-5-21(20-19-11)17-16(25)15(24)13(6-22)27-17/h2-5,13,15-17,22,24-25H,6H2,1H3/t13-,15-,16-,17-/m1/s1. The van der Waals surface area contributed by atoms with Crippen molar-refractivity contribution in [3.63, 3.8) is 0 Å². The monoisotopic (exact) mass is 393 g/mol. The smallest absolute Gasteiger partial charge is 0.336 e. The minimum Gasteiger partial charge on any atom is -0.423 e. The molecular formula is C17H16ClN3O6. The molecule has 3 heterocycles. The number of ether oxygens (including phenoxy) is 1. The van der Waals surface area contributed by atoms with Crippen molar-refractivity contribution in [2.45, 2.75) is 31.5 Å². The molecule has 0 bridgehead atoms. The first-order valence-electron chi connectivity index (χ1n) is 8.17. The number of aryl methyl sites for hydroxylation is 1. The molecule has 0 spiro atoms. The van der Waals surface area contributed by atoms with Gasteiger partial charge in [-0.2, -0.15) is 0 Å². The lowest BCUT2D eigenvalue weighted by Crippen LogP contribution is -2.33. The summed E-state index contributed by atoms with van der Waals surface area (Å²) in [5.74, 6) is 0. The SMILES string of the molecule is Cc1cc(=O)oc2cc(-c3cn([C@@H]4O[C@H](CO)[C@@H](O)[C@H]4O)nn3)c(Cl)cc12. The van der Waals surface area contributed by atoms with Gasteiger partial charge in [0.25, 0.3) is 0 Å². The number of benzene rings is 1. The van der Waals surface area contributed by atoms with Crippen molar-refractivity contribution < 1.29 is 24.5 Å². The molecule has 1 aromatic carbocycles. The maximum atomic E-state index is 11.6. The van der Waals surface area contributed by atoms with E-state index in [0.717, 1.165) is 5.56 Å². The van der Waals surface area contributed by atoms with Gasteiger partial charge in [0.15, 0.2) is 6.23 Å². The van der Waals surface area contributed by atoms with E-state index in [1.165, 1.54) is 16.9 Å². The molecule has 0 aliphatic carbocycles. The molecule has 1 fully saturated rings. The lowest BCUT2D eigenvalue weighted by Gasteiger charge is -2.13. The highest BCUT2D eigenvalue weighted by Gasteiger charge is 2.44. The molecule has 3 aromatic rings. The predicted molar refractivity (Wildman–Crippen MR) is 94.3 cm³/mol. The average Bonchev–Trinajstić information content (AvgIpc) is 3.21. The summed E-state index contributed by atoms with van der Waals surface area (Å²) >= 11 is 6.37. The second-order valence-electron chi connectivity index (χ2n) is 6.39. The third-order valence-corrected chi connectivity index (χ3v) is 4.92. The summed E-state index contributed by atoms with van der Waals surface area (Å²) in [6.07, 6.45) is -2.95. The first kappa shape index (κ1) is 18.1. The minimum atomic E-state index is -1.27. The first-order chi connectivity index (χ1) is 12.9. The van der Waals surface area contributed by atoms with Crippen LogP contribution in [0.3, 0.4) is 0 Å². The molecular weight excluding hydrogens is 378 g/mol. The fourth-order valence-electron chi connectivity index (χ4n) is 3.16. The molecule has 4 rings (SSSR count). The zero-order chi connectivity index (χ0) is 19.3. The van der Waals surface area contributed by atoms with Gasteiger partial charge >= 0.3 is 5.63 Å². The molecule has 4 atom stereocenters. The zero-order valence-electron chi connectivity index (χ0n) is 14.1. The molecule has 1 saturated heterocycles. The molecule has 0 saturated carbocycles. The second kappa shape index (κ2) is 6.70. The number of aromatic nitrogens is 3. The van der Waals surface area contributed by atoms with Gasteiger partial charge in [0, 0.05) is 17.0 Å². The summed E-state index contributed by atoms with van der Waals surface area (Å²) in [4.78, 5) is 11.6. The lowest BCUT2D eigenvalue weighted by molar-refractivity contribution is -0.0593. The van der Waals surface area contributed by atoms with Crippen LogP contribution in [0.2, 0.25) is 5.02 Å². The van der Waals surface area contributed by atoms with Crippen LogP contribution in [0.4, 0.5) is 0 Å². The number of fused-ring (bicyclic) bond motifs is 1. The highest BCUT2D eigenvalue weighted by Crippen LogP contribution is 2.34. The highest BCUT2D eigenvalue weighted by molar-refractivity contribution is 6.34. The van der Waals surface area contributed by atoms with E-state index in [1.54, 1.807) is 19.1 Å². The molecule has 1 aliphatic heterocycles. The number of halogens is 1. The summed E-state index contributed by atoms with van der Waals surface area (Å²) in [7, 11) is 0. The Bertz CT molecular complexity index is 1060. The van der Waals surface area contributed by atoms with Gasteiger partial charge in [0.1, 0.15) is 29.6 Å². The van der Waals surface area contributed by atoms with Gasteiger partial charge in [-0.1, -0.05) is 16.8 Å². The largest absolute Gasteiger partial charge is 0.423 e. The van der Waals surface area contributed by atoms with Crippen LogP contribution in [0, 0.1) is 6.92 Å². The van der Waals surface area contributed by atoms with Crippen molar-refractivity contribution >= 4 is 22.6 Å². The number of hydrogen-bond acceptors (Lipinski definition) is 8. The topological polar surface area (TPSA) is 131 Å². The Morgan fingerprint density at radius 3 is 2.74 bits per heavy atom. The third-order valence-electron chi connectivity index (χ3n) is 4.60. The molecule has 0 unspecified atom stereocenters. The molecule has 1 aliphatic rings. The van der Waals surface area contributed by atoms with Crippen molar-refractivity contribution in [3.8, 4) is 11.3 Å². The number of aliphatic hydroxyl groups is 3. The van der Waals surface area contributed by atoms with Crippen LogP contribution in [-0.4, -0.2) is 55.2 Å². The lowest BCUT2D eigenvalue weighted by atomic mass is 10.1. The van der Waals surface area contributed by atoms with E-state index in [0.29, 0.717) is 27.2 Å². The van der Waals surface area contributed by atoms with Gasteiger partial charge in [-0.3, -0.25) is 0 Å².